The Hall–Kier alpha value is -3.97. The van der Waals surface area contributed by atoms with Crippen LogP contribution in [0.15, 0.2) is 47.4 Å². The van der Waals surface area contributed by atoms with Crippen molar-refractivity contribution >= 4 is 21.6 Å². The molecule has 0 fully saturated rings. The molecule has 0 aliphatic heterocycles. The second-order valence-corrected chi connectivity index (χ2v) is 10.6. The smallest absolute Gasteiger partial charge is 0.272 e. The molecule has 13 heteroatoms. The molecule has 1 unspecified atom stereocenters. The number of aromatic nitrogens is 2. The van der Waals surface area contributed by atoms with E-state index in [0.29, 0.717) is 23.4 Å². The zero-order valence-electron chi connectivity index (χ0n) is 22.0. The molecule has 0 saturated heterocycles. The maximum Gasteiger partial charge on any atom is 0.272 e. The van der Waals surface area contributed by atoms with Gasteiger partial charge in [0.15, 0.2) is 5.69 Å². The Bertz CT molecular complexity index is 1430. The second kappa shape index (κ2) is 11.6. The average Bonchev–Trinajstić information content (AvgIpc) is 3.19. The summed E-state index contributed by atoms with van der Waals surface area (Å²) in [5.74, 6) is 0.0558. The van der Waals surface area contributed by atoms with Crippen LogP contribution in [0.5, 0.6) is 17.4 Å². The largest absolute Gasteiger partial charge is 0.497 e. The molecule has 0 saturated carbocycles. The van der Waals surface area contributed by atoms with E-state index in [1.807, 2.05) is 13.8 Å². The molecule has 38 heavy (non-hydrogen) atoms. The molecular weight excluding hydrogens is 514 g/mol. The third-order valence-corrected chi connectivity index (χ3v) is 7.23. The minimum absolute atomic E-state index is 0.0675. The first-order valence-electron chi connectivity index (χ1n) is 11.9. The molecule has 1 atom stereocenters. The number of nitro groups is 1. The maximum atomic E-state index is 13.2. The number of rotatable bonds is 11. The number of sulfonamides is 1. The van der Waals surface area contributed by atoms with Crippen molar-refractivity contribution in [1.82, 2.24) is 19.8 Å². The number of nitrogens with zero attached hydrogens (tertiary/aromatic N) is 3. The molecule has 2 N–H and O–H groups in total. The monoisotopic (exact) mass is 545 g/mol. The van der Waals surface area contributed by atoms with E-state index in [1.54, 1.807) is 45.0 Å². The van der Waals surface area contributed by atoms with Crippen LogP contribution >= 0.6 is 0 Å². The highest BCUT2D eigenvalue weighted by atomic mass is 32.2. The first kappa shape index (κ1) is 28.6. The number of non-ortho nitro benzene ring substituents is 1. The Morgan fingerprint density at radius 1 is 1.16 bits per heavy atom. The minimum atomic E-state index is -4.21. The molecule has 3 rings (SSSR count). The van der Waals surface area contributed by atoms with Gasteiger partial charge in [-0.3, -0.25) is 14.9 Å². The third-order valence-electron chi connectivity index (χ3n) is 5.62. The summed E-state index contributed by atoms with van der Waals surface area (Å²) in [7, 11) is -2.68. The van der Waals surface area contributed by atoms with E-state index in [4.69, 9.17) is 9.47 Å². The molecule has 12 nitrogen and oxygen atoms in total. The SMILES string of the molecule is CCC(C)NS(=O)(=O)c1cc([N+](=O)[O-])ccc1Oc1c(C)c(C(=O)NC(C)C)nn1-c1ccc(OC)cc1. The molecule has 1 heterocycles. The van der Waals surface area contributed by atoms with E-state index in [0.717, 1.165) is 12.1 Å². The lowest BCUT2D eigenvalue weighted by Gasteiger charge is -2.16. The third kappa shape index (κ3) is 6.29. The second-order valence-electron chi connectivity index (χ2n) is 8.94. The number of benzene rings is 2. The molecule has 0 aliphatic rings. The molecule has 0 aliphatic carbocycles. The molecule has 0 bridgehead atoms. The van der Waals surface area contributed by atoms with E-state index >= 15 is 0 Å². The average molecular weight is 546 g/mol. The molecule has 0 spiro atoms. The van der Waals surface area contributed by atoms with E-state index < -0.39 is 37.5 Å². The van der Waals surface area contributed by atoms with Crippen molar-refractivity contribution in [2.24, 2.45) is 0 Å². The van der Waals surface area contributed by atoms with Gasteiger partial charge in [-0.05, 0) is 64.4 Å². The quantitative estimate of drug-likeness (QED) is 0.269. The number of carbonyl (C=O) groups is 1. The number of amides is 1. The van der Waals surface area contributed by atoms with Crippen LogP contribution in [-0.4, -0.2) is 48.2 Å². The zero-order chi connectivity index (χ0) is 28.2. The molecule has 3 aromatic rings. The van der Waals surface area contributed by atoms with Crippen LogP contribution in [0.25, 0.3) is 5.69 Å². The van der Waals surface area contributed by atoms with Crippen molar-refractivity contribution in [2.75, 3.05) is 7.11 Å². The van der Waals surface area contributed by atoms with Gasteiger partial charge in [-0.15, -0.1) is 0 Å². The summed E-state index contributed by atoms with van der Waals surface area (Å²) in [4.78, 5) is 23.2. The first-order valence-corrected chi connectivity index (χ1v) is 13.4. The van der Waals surface area contributed by atoms with Crippen LogP contribution in [0, 0.1) is 17.0 Å². The van der Waals surface area contributed by atoms with Crippen LogP contribution in [0.2, 0.25) is 0 Å². The lowest BCUT2D eigenvalue weighted by molar-refractivity contribution is -0.385. The van der Waals surface area contributed by atoms with Gasteiger partial charge in [0.25, 0.3) is 11.6 Å². The van der Waals surface area contributed by atoms with Crippen LogP contribution in [-0.2, 0) is 10.0 Å². The lowest BCUT2D eigenvalue weighted by Crippen LogP contribution is -2.32. The fourth-order valence-electron chi connectivity index (χ4n) is 3.47. The van der Waals surface area contributed by atoms with Gasteiger partial charge in [0.1, 0.15) is 16.4 Å². The predicted molar refractivity (Wildman–Crippen MR) is 141 cm³/mol. The van der Waals surface area contributed by atoms with Gasteiger partial charge in [-0.1, -0.05) is 6.92 Å². The van der Waals surface area contributed by atoms with Crippen molar-refractivity contribution in [2.45, 2.75) is 58.0 Å². The fourth-order valence-corrected chi connectivity index (χ4v) is 4.94. The Labute approximate surface area is 221 Å². The van der Waals surface area contributed by atoms with Gasteiger partial charge in [0, 0.05) is 29.8 Å². The number of ether oxygens (including phenoxy) is 2. The highest BCUT2D eigenvalue weighted by molar-refractivity contribution is 7.89. The van der Waals surface area contributed by atoms with Crippen molar-refractivity contribution in [1.29, 1.82) is 0 Å². The molecule has 1 amide bonds. The standard InChI is InChI=1S/C25H31N5O7S/c1-7-16(4)28-38(34,35)22-14-19(30(32)33)10-13-21(22)37-25-17(5)23(24(31)26-15(2)3)27-29(25)18-8-11-20(36-6)12-9-18/h8-16,28H,7H2,1-6H3,(H,26,31). The summed E-state index contributed by atoms with van der Waals surface area (Å²) in [6.07, 6.45) is 0.502. The van der Waals surface area contributed by atoms with E-state index in [2.05, 4.69) is 15.1 Å². The number of methoxy groups -OCH3 is 1. The molecule has 204 valence electrons. The summed E-state index contributed by atoms with van der Waals surface area (Å²) in [5.41, 5.74) is 0.514. The van der Waals surface area contributed by atoms with Gasteiger partial charge in [-0.25, -0.2) is 13.1 Å². The number of nitrogens with one attached hydrogen (secondary N) is 2. The van der Waals surface area contributed by atoms with E-state index in [9.17, 15) is 23.3 Å². The number of hydrogen-bond acceptors (Lipinski definition) is 8. The van der Waals surface area contributed by atoms with Crippen LogP contribution in [0.3, 0.4) is 0 Å². The molecular formula is C25H31N5O7S. The van der Waals surface area contributed by atoms with Gasteiger partial charge in [0.05, 0.1) is 17.7 Å². The maximum absolute atomic E-state index is 13.2. The van der Waals surface area contributed by atoms with Crippen LogP contribution in [0.4, 0.5) is 5.69 Å². The predicted octanol–water partition coefficient (Wildman–Crippen LogP) is 4.10. The Morgan fingerprint density at radius 3 is 2.37 bits per heavy atom. The van der Waals surface area contributed by atoms with Crippen molar-refractivity contribution < 1.29 is 27.6 Å². The van der Waals surface area contributed by atoms with Crippen molar-refractivity contribution in [3.63, 3.8) is 0 Å². The van der Waals surface area contributed by atoms with Crippen molar-refractivity contribution in [3.05, 3.63) is 63.8 Å². The van der Waals surface area contributed by atoms with Crippen LogP contribution in [0.1, 0.15) is 50.2 Å². The van der Waals surface area contributed by atoms with Crippen LogP contribution < -0.4 is 19.5 Å². The minimum Gasteiger partial charge on any atom is -0.497 e. The highest BCUT2D eigenvalue weighted by Crippen LogP contribution is 2.36. The Kier molecular flexibility index (Phi) is 8.74. The Balaban J connectivity index is 2.20. The van der Waals surface area contributed by atoms with Gasteiger partial charge >= 0.3 is 0 Å². The van der Waals surface area contributed by atoms with Crippen molar-refractivity contribution in [3.8, 4) is 23.1 Å². The van der Waals surface area contributed by atoms with E-state index in [-0.39, 0.29) is 23.4 Å². The molecule has 1 aromatic heterocycles. The topological polar surface area (TPSA) is 155 Å². The fraction of sp³-hybridized carbons (Fsp3) is 0.360. The zero-order valence-corrected chi connectivity index (χ0v) is 22.8. The number of carbonyl (C=O) groups excluding carboxylic acids is 1. The lowest BCUT2D eigenvalue weighted by atomic mass is 10.2. The van der Waals surface area contributed by atoms with E-state index in [1.165, 1.54) is 17.9 Å². The number of hydrogen-bond donors (Lipinski definition) is 2. The summed E-state index contributed by atoms with van der Waals surface area (Å²) >= 11 is 0. The highest BCUT2D eigenvalue weighted by Gasteiger charge is 2.28. The summed E-state index contributed by atoms with van der Waals surface area (Å²) in [5, 5.41) is 18.7. The summed E-state index contributed by atoms with van der Waals surface area (Å²) < 4.78 is 41.6. The van der Waals surface area contributed by atoms with Gasteiger partial charge in [0.2, 0.25) is 15.9 Å². The Morgan fingerprint density at radius 2 is 1.82 bits per heavy atom. The normalized spacial score (nSPS) is 12.3. The van der Waals surface area contributed by atoms with Gasteiger partial charge in [-0.2, -0.15) is 9.78 Å². The summed E-state index contributed by atoms with van der Waals surface area (Å²) in [6, 6.07) is 9.50. The van der Waals surface area contributed by atoms with Gasteiger partial charge < -0.3 is 14.8 Å². The molecule has 0 radical (unpaired) electrons. The first-order chi connectivity index (χ1) is 17.9. The molecule has 2 aromatic carbocycles. The number of nitro benzene ring substituents is 1. The summed E-state index contributed by atoms with van der Waals surface area (Å²) in [6.45, 7) is 8.72.